The third-order valence-electron chi connectivity index (χ3n) is 3.09. The first kappa shape index (κ1) is 17.6. The molecule has 0 aliphatic carbocycles. The number of amides is 2. The van der Waals surface area contributed by atoms with E-state index in [1.54, 1.807) is 6.92 Å². The van der Waals surface area contributed by atoms with Gasteiger partial charge in [0.15, 0.2) is 0 Å². The maximum absolute atomic E-state index is 12.0. The number of rotatable bonds is 6. The molecule has 0 saturated carbocycles. The third kappa shape index (κ3) is 5.79. The van der Waals surface area contributed by atoms with Gasteiger partial charge in [0.05, 0.1) is 0 Å². The molecular formula is C16H24N2O2S. The zero-order chi connectivity index (χ0) is 16.0. The van der Waals surface area contributed by atoms with Gasteiger partial charge < -0.3 is 10.6 Å². The molecule has 0 bridgehead atoms. The van der Waals surface area contributed by atoms with E-state index in [1.807, 2.05) is 30.8 Å². The molecule has 0 heterocycles. The van der Waals surface area contributed by atoms with Gasteiger partial charge in [-0.05, 0) is 36.3 Å². The number of nitrogens with one attached hydrogen (secondary N) is 2. The first-order valence-corrected chi connectivity index (χ1v) is 8.14. The van der Waals surface area contributed by atoms with E-state index in [-0.39, 0.29) is 11.8 Å². The normalized spacial score (nSPS) is 12.1. The van der Waals surface area contributed by atoms with Crippen molar-refractivity contribution in [2.75, 3.05) is 5.32 Å². The molecule has 1 aromatic carbocycles. The van der Waals surface area contributed by atoms with E-state index in [4.69, 9.17) is 0 Å². The fourth-order valence-electron chi connectivity index (χ4n) is 1.84. The predicted molar refractivity (Wildman–Crippen MR) is 89.5 cm³/mol. The van der Waals surface area contributed by atoms with Gasteiger partial charge in [0.1, 0.15) is 6.04 Å². The van der Waals surface area contributed by atoms with Crippen LogP contribution in [-0.2, 0) is 15.3 Å². The second-order valence-corrected chi connectivity index (χ2v) is 6.93. The van der Waals surface area contributed by atoms with E-state index in [9.17, 15) is 9.59 Å². The van der Waals surface area contributed by atoms with Gasteiger partial charge in [-0.15, -0.1) is 0 Å². The van der Waals surface area contributed by atoms with Crippen molar-refractivity contribution >= 4 is 29.3 Å². The minimum Gasteiger partial charge on any atom is -0.345 e. The monoisotopic (exact) mass is 308 g/mol. The van der Waals surface area contributed by atoms with Gasteiger partial charge in [-0.2, -0.15) is 11.8 Å². The maximum atomic E-state index is 12.0. The fraction of sp³-hybridized carbons (Fsp3) is 0.500. The Kier molecular flexibility index (Phi) is 6.75. The molecule has 4 nitrogen and oxygen atoms in total. The Morgan fingerprint density at radius 3 is 2.48 bits per heavy atom. The van der Waals surface area contributed by atoms with Crippen molar-refractivity contribution in [1.29, 1.82) is 0 Å². The van der Waals surface area contributed by atoms with Crippen LogP contribution in [-0.4, -0.2) is 23.1 Å². The highest BCUT2D eigenvalue weighted by atomic mass is 32.2. The van der Waals surface area contributed by atoms with Crippen LogP contribution in [0.2, 0.25) is 0 Å². The number of anilines is 1. The molecule has 116 valence electrons. The molecule has 1 aromatic rings. The van der Waals surface area contributed by atoms with E-state index in [0.29, 0.717) is 5.25 Å². The lowest BCUT2D eigenvalue weighted by molar-refractivity contribution is -0.124. The zero-order valence-corrected chi connectivity index (χ0v) is 14.1. The Morgan fingerprint density at radius 2 is 1.90 bits per heavy atom. The van der Waals surface area contributed by atoms with E-state index >= 15 is 0 Å². The summed E-state index contributed by atoms with van der Waals surface area (Å²) in [6.07, 6.45) is 0. The van der Waals surface area contributed by atoms with Crippen LogP contribution in [0.1, 0.15) is 38.8 Å². The van der Waals surface area contributed by atoms with Crippen LogP contribution >= 0.6 is 11.8 Å². The van der Waals surface area contributed by atoms with Gasteiger partial charge in [-0.25, -0.2) is 0 Å². The van der Waals surface area contributed by atoms with Gasteiger partial charge in [0.25, 0.3) is 0 Å². The van der Waals surface area contributed by atoms with Crippen LogP contribution in [0.4, 0.5) is 5.69 Å². The smallest absolute Gasteiger partial charge is 0.246 e. The largest absolute Gasteiger partial charge is 0.345 e. The second-order valence-electron chi connectivity index (χ2n) is 5.36. The van der Waals surface area contributed by atoms with Crippen LogP contribution in [0.25, 0.3) is 0 Å². The fourth-order valence-corrected chi connectivity index (χ4v) is 2.67. The molecule has 2 amide bonds. The van der Waals surface area contributed by atoms with Crippen molar-refractivity contribution < 1.29 is 9.59 Å². The maximum Gasteiger partial charge on any atom is 0.246 e. The zero-order valence-electron chi connectivity index (χ0n) is 13.3. The molecular weight excluding hydrogens is 284 g/mol. The Hall–Kier alpha value is -1.49. The van der Waals surface area contributed by atoms with E-state index in [0.717, 1.165) is 17.0 Å². The quantitative estimate of drug-likeness (QED) is 0.849. The number of benzene rings is 1. The summed E-state index contributed by atoms with van der Waals surface area (Å²) in [6, 6.07) is 5.37. The summed E-state index contributed by atoms with van der Waals surface area (Å²) >= 11 is 1.87. The minimum absolute atomic E-state index is 0.207. The summed E-state index contributed by atoms with van der Waals surface area (Å²) in [7, 11) is 0. The predicted octanol–water partition coefficient (Wildman–Crippen LogP) is 3.10. The van der Waals surface area contributed by atoms with E-state index in [1.165, 1.54) is 12.5 Å². The average Bonchev–Trinajstić information content (AvgIpc) is 2.38. The lowest BCUT2D eigenvalue weighted by Crippen LogP contribution is -2.40. The molecule has 1 rings (SSSR count). The van der Waals surface area contributed by atoms with Crippen molar-refractivity contribution in [2.45, 2.75) is 51.7 Å². The van der Waals surface area contributed by atoms with Crippen molar-refractivity contribution in [3.63, 3.8) is 0 Å². The molecule has 2 N–H and O–H groups in total. The van der Waals surface area contributed by atoms with Crippen molar-refractivity contribution in [2.24, 2.45) is 0 Å². The number of carbonyl (C=O) groups is 2. The molecule has 0 radical (unpaired) electrons. The van der Waals surface area contributed by atoms with Crippen molar-refractivity contribution in [3.05, 3.63) is 29.3 Å². The first-order valence-electron chi connectivity index (χ1n) is 7.09. The molecule has 0 spiro atoms. The van der Waals surface area contributed by atoms with Gasteiger partial charge >= 0.3 is 0 Å². The van der Waals surface area contributed by atoms with E-state index in [2.05, 4.69) is 30.5 Å². The summed E-state index contributed by atoms with van der Waals surface area (Å²) < 4.78 is 0. The minimum atomic E-state index is -0.546. The number of hydrogen-bond donors (Lipinski definition) is 2. The highest BCUT2D eigenvalue weighted by molar-refractivity contribution is 7.99. The number of carbonyl (C=O) groups excluding carboxylic acids is 2. The van der Waals surface area contributed by atoms with E-state index < -0.39 is 6.04 Å². The van der Waals surface area contributed by atoms with Crippen LogP contribution < -0.4 is 10.6 Å². The molecule has 0 fully saturated rings. The first-order chi connectivity index (χ1) is 9.81. The average molecular weight is 308 g/mol. The standard InChI is InChI=1S/C16H24N2O2S/c1-10(2)21-9-14-7-6-8-15(11(14)3)18-16(20)12(4)17-13(5)19/h6-8,10,12H,9H2,1-5H3,(H,17,19)(H,18,20)/t12-/m0/s1. The summed E-state index contributed by atoms with van der Waals surface area (Å²) in [5.41, 5.74) is 3.10. The Balaban J connectivity index is 2.77. The lowest BCUT2D eigenvalue weighted by atomic mass is 10.1. The van der Waals surface area contributed by atoms with Gasteiger partial charge in [-0.3, -0.25) is 9.59 Å². The van der Waals surface area contributed by atoms with Crippen LogP contribution in [0, 0.1) is 6.92 Å². The van der Waals surface area contributed by atoms with Crippen LogP contribution in [0.3, 0.4) is 0 Å². The Morgan fingerprint density at radius 1 is 1.24 bits per heavy atom. The van der Waals surface area contributed by atoms with Crippen molar-refractivity contribution in [1.82, 2.24) is 5.32 Å². The topological polar surface area (TPSA) is 58.2 Å². The number of hydrogen-bond acceptors (Lipinski definition) is 3. The molecule has 0 aromatic heterocycles. The third-order valence-corrected chi connectivity index (χ3v) is 4.23. The van der Waals surface area contributed by atoms with Crippen LogP contribution in [0.5, 0.6) is 0 Å². The molecule has 0 saturated heterocycles. The summed E-state index contributed by atoms with van der Waals surface area (Å²) in [5, 5.41) is 6.03. The molecule has 21 heavy (non-hydrogen) atoms. The molecule has 1 atom stereocenters. The van der Waals surface area contributed by atoms with Gasteiger partial charge in [-0.1, -0.05) is 26.0 Å². The highest BCUT2D eigenvalue weighted by Crippen LogP contribution is 2.24. The number of thioether (sulfide) groups is 1. The molecule has 5 heteroatoms. The van der Waals surface area contributed by atoms with Crippen LogP contribution in [0.15, 0.2) is 18.2 Å². The lowest BCUT2D eigenvalue weighted by Gasteiger charge is -2.16. The molecule has 0 aliphatic heterocycles. The highest BCUT2D eigenvalue weighted by Gasteiger charge is 2.15. The SMILES string of the molecule is CC(=O)N[C@@H](C)C(=O)Nc1cccc(CSC(C)C)c1C. The van der Waals surface area contributed by atoms with Gasteiger partial charge in [0.2, 0.25) is 11.8 Å². The Bertz CT molecular complexity index is 515. The van der Waals surface area contributed by atoms with Crippen molar-refractivity contribution in [3.8, 4) is 0 Å². The summed E-state index contributed by atoms with van der Waals surface area (Å²) in [4.78, 5) is 23.0. The Labute approximate surface area is 131 Å². The summed E-state index contributed by atoms with van der Waals surface area (Å²) in [5.74, 6) is 0.507. The van der Waals surface area contributed by atoms with Gasteiger partial charge in [0, 0.05) is 18.4 Å². The second kappa shape index (κ2) is 8.08. The molecule has 0 aliphatic rings. The molecule has 0 unspecified atom stereocenters. The summed E-state index contributed by atoms with van der Waals surface area (Å²) in [6.45, 7) is 9.42.